The standard InChI is InChI=1S/C17H18BrNO/c1-3-12(2)13-8-5-7-11-16(13)19-17(20)14-9-4-6-10-15(14)18/h4-12H,3H2,1-2H3,(H,19,20)/t12-/m0/s1. The Labute approximate surface area is 128 Å². The average molecular weight is 332 g/mol. The number of hydrogen-bond acceptors (Lipinski definition) is 1. The lowest BCUT2D eigenvalue weighted by Crippen LogP contribution is -2.14. The molecule has 20 heavy (non-hydrogen) atoms. The minimum atomic E-state index is -0.0896. The van der Waals surface area contributed by atoms with Gasteiger partial charge in [-0.3, -0.25) is 4.79 Å². The molecule has 0 heterocycles. The number of para-hydroxylation sites is 1. The van der Waals surface area contributed by atoms with Gasteiger partial charge in [0.05, 0.1) is 5.56 Å². The Hall–Kier alpha value is -1.61. The van der Waals surface area contributed by atoms with Crippen LogP contribution in [-0.4, -0.2) is 5.91 Å². The van der Waals surface area contributed by atoms with Gasteiger partial charge in [-0.2, -0.15) is 0 Å². The van der Waals surface area contributed by atoms with E-state index in [1.807, 2.05) is 42.5 Å². The monoisotopic (exact) mass is 331 g/mol. The van der Waals surface area contributed by atoms with Crippen LogP contribution in [0.5, 0.6) is 0 Å². The third-order valence-corrected chi connectivity index (χ3v) is 4.16. The minimum Gasteiger partial charge on any atom is -0.322 e. The Kier molecular flexibility index (Phi) is 4.96. The lowest BCUT2D eigenvalue weighted by atomic mass is 9.97. The Morgan fingerprint density at radius 2 is 1.80 bits per heavy atom. The largest absolute Gasteiger partial charge is 0.322 e. The van der Waals surface area contributed by atoms with Crippen molar-refractivity contribution in [3.63, 3.8) is 0 Å². The molecule has 0 bridgehead atoms. The zero-order valence-electron chi connectivity index (χ0n) is 11.7. The molecule has 2 aromatic rings. The summed E-state index contributed by atoms with van der Waals surface area (Å²) in [5, 5.41) is 3.01. The maximum atomic E-state index is 12.4. The second-order valence-corrected chi connectivity index (χ2v) is 5.68. The first-order chi connectivity index (χ1) is 9.63. The highest BCUT2D eigenvalue weighted by Crippen LogP contribution is 2.27. The van der Waals surface area contributed by atoms with Gasteiger partial charge in [0.15, 0.2) is 0 Å². The molecule has 3 heteroatoms. The molecular formula is C17H18BrNO. The van der Waals surface area contributed by atoms with Crippen molar-refractivity contribution in [1.82, 2.24) is 0 Å². The maximum absolute atomic E-state index is 12.4. The third-order valence-electron chi connectivity index (χ3n) is 3.47. The molecule has 1 amide bonds. The number of amides is 1. The molecule has 2 nitrogen and oxygen atoms in total. The molecule has 0 aliphatic carbocycles. The SMILES string of the molecule is CC[C@H](C)c1ccccc1NC(=O)c1ccccc1Br. The van der Waals surface area contributed by atoms with Crippen LogP contribution in [0.15, 0.2) is 53.0 Å². The lowest BCUT2D eigenvalue weighted by Gasteiger charge is -2.16. The van der Waals surface area contributed by atoms with Crippen LogP contribution in [0.4, 0.5) is 5.69 Å². The second kappa shape index (κ2) is 6.71. The highest BCUT2D eigenvalue weighted by Gasteiger charge is 2.13. The van der Waals surface area contributed by atoms with Crippen molar-refractivity contribution in [1.29, 1.82) is 0 Å². The van der Waals surface area contributed by atoms with E-state index in [1.165, 1.54) is 5.56 Å². The molecule has 0 fully saturated rings. The Morgan fingerprint density at radius 1 is 1.15 bits per heavy atom. The van der Waals surface area contributed by atoms with Crippen LogP contribution in [-0.2, 0) is 0 Å². The smallest absolute Gasteiger partial charge is 0.256 e. The molecule has 2 rings (SSSR count). The molecule has 0 aromatic heterocycles. The van der Waals surface area contributed by atoms with Gasteiger partial charge in [-0.1, -0.05) is 44.2 Å². The number of carbonyl (C=O) groups is 1. The summed E-state index contributed by atoms with van der Waals surface area (Å²) in [5.41, 5.74) is 2.71. The second-order valence-electron chi connectivity index (χ2n) is 4.83. The third kappa shape index (κ3) is 3.28. The molecule has 0 radical (unpaired) electrons. The molecule has 0 saturated carbocycles. The predicted molar refractivity (Wildman–Crippen MR) is 87.2 cm³/mol. The van der Waals surface area contributed by atoms with Crippen molar-refractivity contribution in [3.05, 3.63) is 64.1 Å². The number of halogens is 1. The van der Waals surface area contributed by atoms with E-state index < -0.39 is 0 Å². The van der Waals surface area contributed by atoms with Crippen molar-refractivity contribution >= 4 is 27.5 Å². The lowest BCUT2D eigenvalue weighted by molar-refractivity contribution is 0.102. The van der Waals surface area contributed by atoms with E-state index in [0.29, 0.717) is 11.5 Å². The van der Waals surface area contributed by atoms with Crippen molar-refractivity contribution < 1.29 is 4.79 Å². The summed E-state index contributed by atoms with van der Waals surface area (Å²) in [7, 11) is 0. The van der Waals surface area contributed by atoms with Crippen molar-refractivity contribution in [2.75, 3.05) is 5.32 Å². The highest BCUT2D eigenvalue weighted by atomic mass is 79.9. The average Bonchev–Trinajstić information content (AvgIpc) is 2.47. The summed E-state index contributed by atoms with van der Waals surface area (Å²) < 4.78 is 0.804. The van der Waals surface area contributed by atoms with E-state index in [4.69, 9.17) is 0 Å². The number of carbonyl (C=O) groups excluding carboxylic acids is 1. The van der Waals surface area contributed by atoms with Crippen LogP contribution in [0.3, 0.4) is 0 Å². The van der Waals surface area contributed by atoms with Crippen molar-refractivity contribution in [3.8, 4) is 0 Å². The van der Waals surface area contributed by atoms with Crippen LogP contribution in [0.1, 0.15) is 42.1 Å². The van der Waals surface area contributed by atoms with Gasteiger partial charge in [-0.25, -0.2) is 0 Å². The fraction of sp³-hybridized carbons (Fsp3) is 0.235. The topological polar surface area (TPSA) is 29.1 Å². The van der Waals surface area contributed by atoms with E-state index >= 15 is 0 Å². The number of anilines is 1. The van der Waals surface area contributed by atoms with Crippen LogP contribution in [0.25, 0.3) is 0 Å². The van der Waals surface area contributed by atoms with Crippen molar-refractivity contribution in [2.45, 2.75) is 26.2 Å². The fourth-order valence-electron chi connectivity index (χ4n) is 2.10. The number of benzene rings is 2. The first kappa shape index (κ1) is 14.8. The van der Waals surface area contributed by atoms with Gasteiger partial charge in [0.2, 0.25) is 0 Å². The summed E-state index contributed by atoms with van der Waals surface area (Å²) in [4.78, 5) is 12.4. The fourth-order valence-corrected chi connectivity index (χ4v) is 2.56. The zero-order chi connectivity index (χ0) is 14.5. The molecule has 104 valence electrons. The molecule has 0 saturated heterocycles. The Morgan fingerprint density at radius 3 is 2.50 bits per heavy atom. The van der Waals surface area contributed by atoms with Gasteiger partial charge < -0.3 is 5.32 Å². The normalized spacial score (nSPS) is 11.9. The molecule has 2 aromatic carbocycles. The maximum Gasteiger partial charge on any atom is 0.256 e. The number of rotatable bonds is 4. The minimum absolute atomic E-state index is 0.0896. The molecule has 0 aliphatic heterocycles. The predicted octanol–water partition coefficient (Wildman–Crippen LogP) is 5.21. The summed E-state index contributed by atoms with van der Waals surface area (Å²) in [6, 6.07) is 15.4. The summed E-state index contributed by atoms with van der Waals surface area (Å²) >= 11 is 3.41. The number of hydrogen-bond donors (Lipinski definition) is 1. The molecule has 0 unspecified atom stereocenters. The van der Waals surface area contributed by atoms with Gasteiger partial charge >= 0.3 is 0 Å². The zero-order valence-corrected chi connectivity index (χ0v) is 13.3. The Bertz CT molecular complexity index is 609. The van der Waals surface area contributed by atoms with E-state index in [9.17, 15) is 4.79 Å². The van der Waals surface area contributed by atoms with Gasteiger partial charge in [-0.15, -0.1) is 0 Å². The number of nitrogens with one attached hydrogen (secondary N) is 1. The molecule has 1 atom stereocenters. The van der Waals surface area contributed by atoms with Crippen LogP contribution < -0.4 is 5.32 Å². The van der Waals surface area contributed by atoms with Crippen LogP contribution in [0.2, 0.25) is 0 Å². The Balaban J connectivity index is 2.27. The van der Waals surface area contributed by atoms with Gasteiger partial charge in [0, 0.05) is 10.2 Å². The van der Waals surface area contributed by atoms with Gasteiger partial charge in [0.1, 0.15) is 0 Å². The first-order valence-electron chi connectivity index (χ1n) is 6.78. The van der Waals surface area contributed by atoms with Crippen LogP contribution in [0, 0.1) is 0 Å². The molecular weight excluding hydrogens is 314 g/mol. The van der Waals surface area contributed by atoms with E-state index in [0.717, 1.165) is 16.6 Å². The summed E-state index contributed by atoms with van der Waals surface area (Å²) in [6.45, 7) is 4.32. The van der Waals surface area contributed by atoms with Gasteiger partial charge in [0.25, 0.3) is 5.91 Å². The molecule has 1 N–H and O–H groups in total. The highest BCUT2D eigenvalue weighted by molar-refractivity contribution is 9.10. The summed E-state index contributed by atoms with van der Waals surface area (Å²) in [6.07, 6.45) is 1.04. The van der Waals surface area contributed by atoms with Gasteiger partial charge in [-0.05, 0) is 52.0 Å². The molecule has 0 spiro atoms. The van der Waals surface area contributed by atoms with E-state index in [2.05, 4.69) is 41.2 Å². The van der Waals surface area contributed by atoms with Crippen LogP contribution >= 0.6 is 15.9 Å². The summed E-state index contributed by atoms with van der Waals surface area (Å²) in [5.74, 6) is 0.332. The van der Waals surface area contributed by atoms with E-state index in [1.54, 1.807) is 0 Å². The quantitative estimate of drug-likeness (QED) is 0.818. The molecule has 0 aliphatic rings. The van der Waals surface area contributed by atoms with E-state index in [-0.39, 0.29) is 5.91 Å². The first-order valence-corrected chi connectivity index (χ1v) is 7.57. The van der Waals surface area contributed by atoms with Crippen molar-refractivity contribution in [2.24, 2.45) is 0 Å².